The zero-order valence-corrected chi connectivity index (χ0v) is 13.5. The molecule has 3 rings (SSSR count). The smallest absolute Gasteiger partial charge is 0.134 e. The Bertz CT molecular complexity index is 488. The molecule has 4 nitrogen and oxygen atoms in total. The van der Waals surface area contributed by atoms with Crippen LogP contribution >= 0.6 is 0 Å². The van der Waals surface area contributed by atoms with Crippen LogP contribution in [0, 0.1) is 17.8 Å². The van der Waals surface area contributed by atoms with E-state index in [0.29, 0.717) is 6.04 Å². The highest BCUT2D eigenvalue weighted by molar-refractivity contribution is 5.57. The molecule has 2 fully saturated rings. The van der Waals surface area contributed by atoms with Gasteiger partial charge >= 0.3 is 0 Å². The van der Waals surface area contributed by atoms with E-state index in [1.807, 2.05) is 0 Å². The first-order valence-corrected chi connectivity index (χ1v) is 8.57. The third-order valence-electron chi connectivity index (χ3n) is 5.44. The molecule has 0 spiro atoms. The summed E-state index contributed by atoms with van der Waals surface area (Å²) in [5.74, 6) is 4.78. The van der Waals surface area contributed by atoms with Gasteiger partial charge in [0.25, 0.3) is 0 Å². The summed E-state index contributed by atoms with van der Waals surface area (Å²) < 4.78 is 0. The highest BCUT2D eigenvalue weighted by Gasteiger charge is 2.41. The summed E-state index contributed by atoms with van der Waals surface area (Å²) in [6, 6.07) is 0.509. The lowest BCUT2D eigenvalue weighted by atomic mass is 9.84. The molecule has 0 aliphatic heterocycles. The van der Waals surface area contributed by atoms with Gasteiger partial charge in [0.15, 0.2) is 0 Å². The highest BCUT2D eigenvalue weighted by Crippen LogP contribution is 2.49. The third-order valence-corrected chi connectivity index (χ3v) is 5.44. The van der Waals surface area contributed by atoms with Crippen molar-refractivity contribution in [3.8, 4) is 0 Å². The summed E-state index contributed by atoms with van der Waals surface area (Å²) >= 11 is 0. The Morgan fingerprint density at radius 2 is 2.00 bits per heavy atom. The second-order valence-electron chi connectivity index (χ2n) is 6.71. The first-order valence-electron chi connectivity index (χ1n) is 8.57. The first kappa shape index (κ1) is 14.6. The molecule has 1 aromatic rings. The van der Waals surface area contributed by atoms with Gasteiger partial charge < -0.3 is 10.6 Å². The number of fused-ring (bicyclic) bond motifs is 2. The topological polar surface area (TPSA) is 49.8 Å². The first-order chi connectivity index (χ1) is 10.2. The number of nitrogens with one attached hydrogen (secondary N) is 2. The van der Waals surface area contributed by atoms with Crippen molar-refractivity contribution in [2.75, 3.05) is 17.2 Å². The number of rotatable bonds is 6. The standard InChI is InChI=1S/C17H28N4/c1-4-14-16(18-5-2)19-10-20-17(14)21-11(3)15-9-12-6-7-13(15)8-12/h10-13,15H,4-9H2,1-3H3,(H2,18,19,20,21). The predicted molar refractivity (Wildman–Crippen MR) is 87.6 cm³/mol. The fraction of sp³-hybridized carbons (Fsp3) is 0.765. The Kier molecular flexibility index (Phi) is 4.32. The average molecular weight is 288 g/mol. The van der Waals surface area contributed by atoms with Crippen molar-refractivity contribution in [2.45, 2.75) is 58.9 Å². The minimum Gasteiger partial charge on any atom is -0.370 e. The molecule has 0 aromatic carbocycles. The number of anilines is 2. The maximum Gasteiger partial charge on any atom is 0.134 e. The highest BCUT2D eigenvalue weighted by atomic mass is 15.1. The van der Waals surface area contributed by atoms with Gasteiger partial charge in [-0.1, -0.05) is 13.3 Å². The third kappa shape index (κ3) is 2.85. The summed E-state index contributed by atoms with van der Waals surface area (Å²) in [5, 5.41) is 7.04. The van der Waals surface area contributed by atoms with E-state index in [1.54, 1.807) is 6.33 Å². The van der Waals surface area contributed by atoms with E-state index in [0.717, 1.165) is 42.4 Å². The summed E-state index contributed by atoms with van der Waals surface area (Å²) in [7, 11) is 0. The van der Waals surface area contributed by atoms with Crippen LogP contribution in [0.1, 0.15) is 52.0 Å². The molecule has 2 saturated carbocycles. The summed E-state index contributed by atoms with van der Waals surface area (Å²) in [5.41, 5.74) is 1.22. The lowest BCUT2D eigenvalue weighted by Crippen LogP contribution is -2.30. The van der Waals surface area contributed by atoms with Crippen LogP contribution in [0.5, 0.6) is 0 Å². The average Bonchev–Trinajstić information content (AvgIpc) is 3.10. The zero-order chi connectivity index (χ0) is 14.8. The molecule has 2 bridgehead atoms. The SMILES string of the molecule is CCNc1ncnc(NC(C)C2CC3CCC2C3)c1CC. The van der Waals surface area contributed by atoms with Gasteiger partial charge in [-0.2, -0.15) is 0 Å². The van der Waals surface area contributed by atoms with Crippen molar-refractivity contribution in [3.05, 3.63) is 11.9 Å². The Morgan fingerprint density at radius 1 is 1.19 bits per heavy atom. The van der Waals surface area contributed by atoms with E-state index in [4.69, 9.17) is 0 Å². The van der Waals surface area contributed by atoms with Crippen LogP contribution in [-0.2, 0) is 6.42 Å². The van der Waals surface area contributed by atoms with Crippen LogP contribution in [0.25, 0.3) is 0 Å². The molecule has 0 amide bonds. The van der Waals surface area contributed by atoms with Gasteiger partial charge in [0.2, 0.25) is 0 Å². The van der Waals surface area contributed by atoms with Crippen molar-refractivity contribution < 1.29 is 0 Å². The van der Waals surface area contributed by atoms with Gasteiger partial charge in [0.1, 0.15) is 18.0 Å². The van der Waals surface area contributed by atoms with E-state index in [2.05, 4.69) is 41.4 Å². The van der Waals surface area contributed by atoms with E-state index < -0.39 is 0 Å². The minimum atomic E-state index is 0.509. The number of hydrogen-bond acceptors (Lipinski definition) is 4. The lowest BCUT2D eigenvalue weighted by molar-refractivity contribution is 0.304. The lowest BCUT2D eigenvalue weighted by Gasteiger charge is -2.29. The molecule has 2 aliphatic rings. The molecule has 0 radical (unpaired) electrons. The molecule has 2 aliphatic carbocycles. The van der Waals surface area contributed by atoms with Crippen molar-refractivity contribution in [1.82, 2.24) is 9.97 Å². The Morgan fingerprint density at radius 3 is 2.62 bits per heavy atom. The molecule has 116 valence electrons. The zero-order valence-electron chi connectivity index (χ0n) is 13.5. The second kappa shape index (κ2) is 6.20. The molecule has 4 heteroatoms. The van der Waals surface area contributed by atoms with Gasteiger partial charge in [0.05, 0.1) is 0 Å². The molecular weight excluding hydrogens is 260 g/mol. The molecule has 1 aromatic heterocycles. The number of nitrogens with zero attached hydrogens (tertiary/aromatic N) is 2. The monoisotopic (exact) mass is 288 g/mol. The quantitative estimate of drug-likeness (QED) is 0.838. The van der Waals surface area contributed by atoms with Crippen LogP contribution in [0.2, 0.25) is 0 Å². The van der Waals surface area contributed by atoms with Crippen molar-refractivity contribution >= 4 is 11.6 Å². The van der Waals surface area contributed by atoms with Gasteiger partial charge in [-0.25, -0.2) is 9.97 Å². The van der Waals surface area contributed by atoms with E-state index in [9.17, 15) is 0 Å². The maximum absolute atomic E-state index is 4.50. The largest absolute Gasteiger partial charge is 0.370 e. The van der Waals surface area contributed by atoms with Crippen LogP contribution in [0.4, 0.5) is 11.6 Å². The van der Waals surface area contributed by atoms with Crippen LogP contribution < -0.4 is 10.6 Å². The minimum absolute atomic E-state index is 0.509. The summed E-state index contributed by atoms with van der Waals surface area (Å²) in [4.78, 5) is 8.88. The van der Waals surface area contributed by atoms with Crippen LogP contribution in [0.3, 0.4) is 0 Å². The van der Waals surface area contributed by atoms with E-state index in [1.165, 1.54) is 31.2 Å². The fourth-order valence-corrected chi connectivity index (χ4v) is 4.42. The van der Waals surface area contributed by atoms with Gasteiger partial charge in [-0.15, -0.1) is 0 Å². The molecule has 4 unspecified atom stereocenters. The predicted octanol–water partition coefficient (Wildman–Crippen LogP) is 3.71. The molecular formula is C17H28N4. The van der Waals surface area contributed by atoms with Gasteiger partial charge in [-0.3, -0.25) is 0 Å². The van der Waals surface area contributed by atoms with Gasteiger partial charge in [0, 0.05) is 18.2 Å². The van der Waals surface area contributed by atoms with E-state index >= 15 is 0 Å². The van der Waals surface area contributed by atoms with Crippen molar-refractivity contribution in [2.24, 2.45) is 17.8 Å². The number of hydrogen-bond donors (Lipinski definition) is 2. The Hall–Kier alpha value is -1.32. The maximum atomic E-state index is 4.50. The number of aromatic nitrogens is 2. The van der Waals surface area contributed by atoms with Crippen molar-refractivity contribution in [3.63, 3.8) is 0 Å². The molecule has 1 heterocycles. The normalized spacial score (nSPS) is 28.6. The fourth-order valence-electron chi connectivity index (χ4n) is 4.42. The molecule has 4 atom stereocenters. The van der Waals surface area contributed by atoms with Crippen molar-refractivity contribution in [1.29, 1.82) is 0 Å². The Balaban J connectivity index is 1.73. The summed E-state index contributed by atoms with van der Waals surface area (Å²) in [6.07, 6.45) is 8.40. The Labute approximate surface area is 128 Å². The van der Waals surface area contributed by atoms with E-state index in [-0.39, 0.29) is 0 Å². The summed E-state index contributed by atoms with van der Waals surface area (Å²) in [6.45, 7) is 7.50. The molecule has 0 saturated heterocycles. The van der Waals surface area contributed by atoms with Gasteiger partial charge in [-0.05, 0) is 57.3 Å². The molecule has 2 N–H and O–H groups in total. The second-order valence-corrected chi connectivity index (χ2v) is 6.71. The van der Waals surface area contributed by atoms with Crippen LogP contribution in [-0.4, -0.2) is 22.6 Å². The molecule has 21 heavy (non-hydrogen) atoms. The van der Waals surface area contributed by atoms with Crippen LogP contribution in [0.15, 0.2) is 6.33 Å².